The minimum Gasteiger partial charge on any atom is -0.507 e. The molecule has 0 atom stereocenters. The topological polar surface area (TPSA) is 46.5 Å². The second-order valence-electron chi connectivity index (χ2n) is 2.70. The maximum atomic E-state index is 11.3. The van der Waals surface area contributed by atoms with E-state index in [0.717, 1.165) is 0 Å². The van der Waals surface area contributed by atoms with Crippen LogP contribution >= 0.6 is 11.6 Å². The molecule has 0 heterocycles. The number of benzene rings is 1. The third kappa shape index (κ3) is 2.92. The Morgan fingerprint density at radius 3 is 2.79 bits per heavy atom. The summed E-state index contributed by atoms with van der Waals surface area (Å²) in [5.74, 6) is -0.134. The van der Waals surface area contributed by atoms with Crippen LogP contribution < -0.4 is 0 Å². The Kier molecular flexibility index (Phi) is 4.26. The smallest absolute Gasteiger partial charge is 0.341 e. The van der Waals surface area contributed by atoms with Crippen LogP contribution in [0.15, 0.2) is 24.3 Å². The van der Waals surface area contributed by atoms with E-state index >= 15 is 0 Å². The number of hydrogen-bond acceptors (Lipinski definition) is 3. The number of phenols is 1. The maximum Gasteiger partial charge on any atom is 0.341 e. The predicted molar refractivity (Wildman–Crippen MR) is 53.7 cm³/mol. The lowest BCUT2D eigenvalue weighted by Crippen LogP contribution is -2.06. The van der Waals surface area contributed by atoms with E-state index in [-0.39, 0.29) is 17.9 Å². The summed E-state index contributed by atoms with van der Waals surface area (Å²) in [4.78, 5) is 11.3. The average molecular weight is 215 g/mol. The van der Waals surface area contributed by atoms with Gasteiger partial charge in [-0.3, -0.25) is 0 Å². The van der Waals surface area contributed by atoms with Crippen molar-refractivity contribution in [3.05, 3.63) is 29.8 Å². The van der Waals surface area contributed by atoms with Crippen LogP contribution in [0.4, 0.5) is 0 Å². The number of esters is 1. The molecule has 1 aromatic rings. The highest BCUT2D eigenvalue weighted by Crippen LogP contribution is 2.16. The summed E-state index contributed by atoms with van der Waals surface area (Å²) >= 11 is 5.42. The number of carbonyl (C=O) groups is 1. The van der Waals surface area contributed by atoms with E-state index in [9.17, 15) is 9.90 Å². The van der Waals surface area contributed by atoms with Gasteiger partial charge in [0.2, 0.25) is 0 Å². The molecule has 0 aliphatic heterocycles. The molecule has 4 heteroatoms. The van der Waals surface area contributed by atoms with E-state index in [2.05, 4.69) is 0 Å². The Morgan fingerprint density at radius 1 is 1.43 bits per heavy atom. The van der Waals surface area contributed by atoms with Gasteiger partial charge in [-0.05, 0) is 18.6 Å². The van der Waals surface area contributed by atoms with Gasteiger partial charge in [0.05, 0.1) is 6.61 Å². The molecule has 0 radical (unpaired) electrons. The zero-order valence-corrected chi connectivity index (χ0v) is 8.33. The van der Waals surface area contributed by atoms with Crippen molar-refractivity contribution in [1.82, 2.24) is 0 Å². The van der Waals surface area contributed by atoms with Crippen LogP contribution in [0.5, 0.6) is 5.75 Å². The fourth-order valence-electron chi connectivity index (χ4n) is 0.943. The Hall–Kier alpha value is -1.22. The monoisotopic (exact) mass is 214 g/mol. The molecule has 14 heavy (non-hydrogen) atoms. The SMILES string of the molecule is O=C(OCCCCl)c1ccccc1O. The third-order valence-corrected chi connectivity index (χ3v) is 1.90. The number of carbonyl (C=O) groups excluding carboxylic acids is 1. The van der Waals surface area contributed by atoms with Crippen LogP contribution in [-0.2, 0) is 4.74 Å². The van der Waals surface area contributed by atoms with Gasteiger partial charge in [0.1, 0.15) is 11.3 Å². The summed E-state index contributed by atoms with van der Waals surface area (Å²) in [5, 5.41) is 9.31. The normalized spacial score (nSPS) is 9.79. The molecule has 0 unspecified atom stereocenters. The standard InChI is InChI=1S/C10H11ClO3/c11-6-3-7-14-10(13)8-4-1-2-5-9(8)12/h1-2,4-5,12H,3,6-7H2. The van der Waals surface area contributed by atoms with Gasteiger partial charge in [-0.1, -0.05) is 12.1 Å². The lowest BCUT2D eigenvalue weighted by molar-refractivity contribution is 0.0503. The second-order valence-corrected chi connectivity index (χ2v) is 3.07. The number of ether oxygens (including phenoxy) is 1. The van der Waals surface area contributed by atoms with Crippen LogP contribution in [0, 0.1) is 0 Å². The molecule has 0 aromatic heterocycles. The number of rotatable bonds is 4. The molecule has 0 saturated carbocycles. The first kappa shape index (κ1) is 10.9. The lowest BCUT2D eigenvalue weighted by atomic mass is 10.2. The number of para-hydroxylation sites is 1. The molecule has 0 spiro atoms. The van der Waals surface area contributed by atoms with Crippen molar-refractivity contribution in [2.45, 2.75) is 6.42 Å². The van der Waals surface area contributed by atoms with Gasteiger partial charge in [-0.25, -0.2) is 4.79 Å². The predicted octanol–water partition coefficient (Wildman–Crippen LogP) is 2.18. The molecular weight excluding hydrogens is 204 g/mol. The van der Waals surface area contributed by atoms with Gasteiger partial charge in [-0.2, -0.15) is 0 Å². The number of halogens is 1. The van der Waals surface area contributed by atoms with Crippen molar-refractivity contribution in [1.29, 1.82) is 0 Å². The summed E-state index contributed by atoms with van der Waals surface area (Å²) in [6, 6.07) is 6.26. The minimum absolute atomic E-state index is 0.0663. The molecule has 0 aliphatic carbocycles. The Balaban J connectivity index is 2.56. The lowest BCUT2D eigenvalue weighted by Gasteiger charge is -2.04. The van der Waals surface area contributed by atoms with Crippen LogP contribution in [0.1, 0.15) is 16.8 Å². The van der Waals surface area contributed by atoms with Crippen molar-refractivity contribution in [2.24, 2.45) is 0 Å². The van der Waals surface area contributed by atoms with Crippen LogP contribution in [-0.4, -0.2) is 23.6 Å². The molecule has 3 nitrogen and oxygen atoms in total. The largest absolute Gasteiger partial charge is 0.507 e. The summed E-state index contributed by atoms with van der Waals surface area (Å²) in [6.45, 7) is 0.274. The maximum absolute atomic E-state index is 11.3. The Labute approximate surface area is 87.3 Å². The number of phenolic OH excluding ortho intramolecular Hbond substituents is 1. The molecule has 0 saturated heterocycles. The highest BCUT2D eigenvalue weighted by Gasteiger charge is 2.10. The summed E-state index contributed by atoms with van der Waals surface area (Å²) < 4.78 is 4.87. The molecule has 0 amide bonds. The van der Waals surface area contributed by atoms with Crippen molar-refractivity contribution < 1.29 is 14.6 Å². The fourth-order valence-corrected chi connectivity index (χ4v) is 1.05. The van der Waals surface area contributed by atoms with Crippen molar-refractivity contribution in [2.75, 3.05) is 12.5 Å². The molecule has 0 bridgehead atoms. The van der Waals surface area contributed by atoms with Gasteiger partial charge in [0.15, 0.2) is 0 Å². The van der Waals surface area contributed by atoms with E-state index in [1.807, 2.05) is 0 Å². The molecule has 1 N–H and O–H groups in total. The van der Waals surface area contributed by atoms with Crippen molar-refractivity contribution in [3.8, 4) is 5.75 Å². The minimum atomic E-state index is -0.520. The third-order valence-electron chi connectivity index (χ3n) is 1.64. The highest BCUT2D eigenvalue weighted by atomic mass is 35.5. The van der Waals surface area contributed by atoms with Gasteiger partial charge in [0.25, 0.3) is 0 Å². The summed E-state index contributed by atoms with van der Waals surface area (Å²) in [5.41, 5.74) is 0.182. The van der Waals surface area contributed by atoms with E-state index in [1.54, 1.807) is 12.1 Å². The summed E-state index contributed by atoms with van der Waals surface area (Å²) in [6.07, 6.45) is 0.612. The fraction of sp³-hybridized carbons (Fsp3) is 0.300. The van der Waals surface area contributed by atoms with E-state index in [1.165, 1.54) is 12.1 Å². The zero-order valence-electron chi connectivity index (χ0n) is 7.57. The first-order chi connectivity index (χ1) is 6.75. The number of alkyl halides is 1. The molecule has 0 aliphatic rings. The van der Waals surface area contributed by atoms with E-state index < -0.39 is 5.97 Å². The second kappa shape index (κ2) is 5.50. The van der Waals surface area contributed by atoms with Crippen molar-refractivity contribution >= 4 is 17.6 Å². The molecule has 1 aromatic carbocycles. The van der Waals surface area contributed by atoms with Crippen LogP contribution in [0.3, 0.4) is 0 Å². The van der Waals surface area contributed by atoms with E-state index in [0.29, 0.717) is 12.3 Å². The van der Waals surface area contributed by atoms with Crippen LogP contribution in [0.25, 0.3) is 0 Å². The molecule has 0 fully saturated rings. The average Bonchev–Trinajstić information content (AvgIpc) is 2.18. The van der Waals surface area contributed by atoms with Gasteiger partial charge < -0.3 is 9.84 Å². The van der Waals surface area contributed by atoms with E-state index in [4.69, 9.17) is 16.3 Å². The zero-order chi connectivity index (χ0) is 10.4. The first-order valence-corrected chi connectivity index (χ1v) is 4.80. The summed E-state index contributed by atoms with van der Waals surface area (Å²) in [7, 11) is 0. The van der Waals surface area contributed by atoms with Gasteiger partial charge in [-0.15, -0.1) is 11.6 Å². The molecule has 1 rings (SSSR count). The van der Waals surface area contributed by atoms with Crippen LogP contribution in [0.2, 0.25) is 0 Å². The number of aromatic hydroxyl groups is 1. The Morgan fingerprint density at radius 2 is 2.14 bits per heavy atom. The van der Waals surface area contributed by atoms with Gasteiger partial charge >= 0.3 is 5.97 Å². The highest BCUT2D eigenvalue weighted by molar-refractivity contribution is 6.17. The Bertz CT molecular complexity index is 312. The van der Waals surface area contributed by atoms with Gasteiger partial charge in [0, 0.05) is 5.88 Å². The first-order valence-electron chi connectivity index (χ1n) is 4.27. The quantitative estimate of drug-likeness (QED) is 0.475. The molecule has 76 valence electrons. The van der Waals surface area contributed by atoms with Crippen molar-refractivity contribution in [3.63, 3.8) is 0 Å². The molecular formula is C10H11ClO3. The number of hydrogen-bond donors (Lipinski definition) is 1.